The monoisotopic (exact) mass is 392 g/mol. The molecule has 0 atom stereocenters. The second-order valence-corrected chi connectivity index (χ2v) is 6.77. The number of carbonyl (C=O) groups is 2. The summed E-state index contributed by atoms with van der Waals surface area (Å²) in [6.07, 6.45) is 0. The van der Waals surface area contributed by atoms with Crippen molar-refractivity contribution in [2.75, 3.05) is 18.7 Å². The predicted molar refractivity (Wildman–Crippen MR) is 107 cm³/mol. The Hall–Kier alpha value is -3.81. The fraction of sp³-hybridized carbons (Fsp3) is 0.190. The van der Waals surface area contributed by atoms with Gasteiger partial charge < -0.3 is 20.1 Å². The number of benzene rings is 2. The topological polar surface area (TPSA) is 99.7 Å². The lowest BCUT2D eigenvalue weighted by Gasteiger charge is -2.18. The number of hydrogen-bond acceptors (Lipinski definition) is 5. The van der Waals surface area contributed by atoms with Crippen LogP contribution in [0.5, 0.6) is 11.5 Å². The summed E-state index contributed by atoms with van der Waals surface area (Å²) in [5.41, 5.74) is 8.86. The van der Waals surface area contributed by atoms with Crippen molar-refractivity contribution in [1.82, 2.24) is 9.78 Å². The molecule has 0 spiro atoms. The summed E-state index contributed by atoms with van der Waals surface area (Å²) in [5, 5.41) is 4.40. The predicted octanol–water partition coefficient (Wildman–Crippen LogP) is 2.59. The molecular weight excluding hydrogens is 372 g/mol. The molecule has 29 heavy (non-hydrogen) atoms. The van der Waals surface area contributed by atoms with Gasteiger partial charge in [-0.05, 0) is 44.2 Å². The largest absolute Gasteiger partial charge is 0.454 e. The molecule has 1 aromatic heterocycles. The van der Waals surface area contributed by atoms with Crippen LogP contribution < -0.4 is 20.1 Å². The first kappa shape index (κ1) is 18.5. The molecule has 0 saturated carbocycles. The highest BCUT2D eigenvalue weighted by Crippen LogP contribution is 2.35. The highest BCUT2D eigenvalue weighted by molar-refractivity contribution is 6.06. The molecule has 2 amide bonds. The lowest BCUT2D eigenvalue weighted by molar-refractivity contribution is 0.0987. The molecule has 0 saturated heterocycles. The Kier molecular flexibility index (Phi) is 4.46. The molecule has 0 aliphatic carbocycles. The first-order valence-electron chi connectivity index (χ1n) is 9.01. The van der Waals surface area contributed by atoms with E-state index in [4.69, 9.17) is 15.2 Å². The highest BCUT2D eigenvalue weighted by atomic mass is 16.7. The smallest absolute Gasteiger partial charge is 0.258 e. The van der Waals surface area contributed by atoms with E-state index in [9.17, 15) is 9.59 Å². The summed E-state index contributed by atoms with van der Waals surface area (Å²) in [7, 11) is 1.70. The van der Waals surface area contributed by atoms with Crippen LogP contribution in [0.2, 0.25) is 0 Å². The maximum atomic E-state index is 13.0. The maximum Gasteiger partial charge on any atom is 0.258 e. The van der Waals surface area contributed by atoms with Crippen molar-refractivity contribution in [3.8, 4) is 17.2 Å². The summed E-state index contributed by atoms with van der Waals surface area (Å²) in [6.45, 7) is 3.67. The van der Waals surface area contributed by atoms with Crippen molar-refractivity contribution in [2.45, 2.75) is 13.8 Å². The summed E-state index contributed by atoms with van der Waals surface area (Å²) in [6, 6.07) is 12.4. The molecule has 8 nitrogen and oxygen atoms in total. The molecule has 8 heteroatoms. The number of aromatic nitrogens is 2. The molecule has 2 aromatic carbocycles. The number of carbonyl (C=O) groups excluding carboxylic acids is 2. The zero-order chi connectivity index (χ0) is 20.7. The van der Waals surface area contributed by atoms with Crippen LogP contribution in [-0.2, 0) is 0 Å². The number of fused-ring (bicyclic) bond motifs is 1. The standard InChI is InChI=1S/C21H20N4O4/c1-12-19(20(22)26)13(2)25(23-12)16-6-4-5-14(9-16)21(27)24(3)15-7-8-17-18(10-15)29-11-28-17/h4-10H,11H2,1-3H3,(H2,22,26). The van der Waals surface area contributed by atoms with Gasteiger partial charge in [0.25, 0.3) is 11.8 Å². The Morgan fingerprint density at radius 1 is 1.10 bits per heavy atom. The number of ether oxygens (including phenoxy) is 2. The normalized spacial score (nSPS) is 12.1. The summed E-state index contributed by atoms with van der Waals surface area (Å²) in [4.78, 5) is 26.3. The van der Waals surface area contributed by atoms with Gasteiger partial charge in [-0.25, -0.2) is 4.68 Å². The van der Waals surface area contributed by atoms with E-state index in [0.29, 0.717) is 45.4 Å². The van der Waals surface area contributed by atoms with Crippen LogP contribution in [0.25, 0.3) is 5.69 Å². The fourth-order valence-corrected chi connectivity index (χ4v) is 3.43. The summed E-state index contributed by atoms with van der Waals surface area (Å²) in [5.74, 6) is 0.548. The third-order valence-electron chi connectivity index (χ3n) is 4.92. The number of nitrogens with two attached hydrogens (primary N) is 1. The van der Waals surface area contributed by atoms with Gasteiger partial charge in [0, 0.05) is 24.4 Å². The van der Waals surface area contributed by atoms with E-state index in [-0.39, 0.29) is 12.7 Å². The number of rotatable bonds is 4. The van der Waals surface area contributed by atoms with Gasteiger partial charge in [-0.1, -0.05) is 6.07 Å². The van der Waals surface area contributed by atoms with E-state index < -0.39 is 5.91 Å². The number of aryl methyl sites for hydroxylation is 1. The van der Waals surface area contributed by atoms with Crippen molar-refractivity contribution >= 4 is 17.5 Å². The van der Waals surface area contributed by atoms with Gasteiger partial charge in [0.2, 0.25) is 6.79 Å². The van der Waals surface area contributed by atoms with Gasteiger partial charge in [0.1, 0.15) is 0 Å². The van der Waals surface area contributed by atoms with Gasteiger partial charge in [-0.15, -0.1) is 0 Å². The molecular formula is C21H20N4O4. The Morgan fingerprint density at radius 3 is 2.59 bits per heavy atom. The molecule has 0 bridgehead atoms. The van der Waals surface area contributed by atoms with Crippen LogP contribution >= 0.6 is 0 Å². The lowest BCUT2D eigenvalue weighted by Crippen LogP contribution is -2.26. The number of anilines is 1. The van der Waals surface area contributed by atoms with Crippen molar-refractivity contribution < 1.29 is 19.1 Å². The Morgan fingerprint density at radius 2 is 1.86 bits per heavy atom. The van der Waals surface area contributed by atoms with E-state index in [2.05, 4.69) is 5.10 Å². The van der Waals surface area contributed by atoms with Gasteiger partial charge in [-0.3, -0.25) is 9.59 Å². The first-order valence-corrected chi connectivity index (χ1v) is 9.01. The van der Waals surface area contributed by atoms with Gasteiger partial charge in [-0.2, -0.15) is 5.10 Å². The van der Waals surface area contributed by atoms with E-state index in [1.165, 1.54) is 4.90 Å². The third-order valence-corrected chi connectivity index (χ3v) is 4.92. The van der Waals surface area contributed by atoms with Crippen molar-refractivity contribution in [3.05, 3.63) is 65.0 Å². The number of primary amides is 1. The van der Waals surface area contributed by atoms with Crippen LogP contribution in [0.1, 0.15) is 32.1 Å². The minimum Gasteiger partial charge on any atom is -0.454 e. The maximum absolute atomic E-state index is 13.0. The Bertz CT molecular complexity index is 1140. The molecule has 0 fully saturated rings. The van der Waals surface area contributed by atoms with E-state index >= 15 is 0 Å². The lowest BCUT2D eigenvalue weighted by atomic mass is 10.1. The molecule has 2 N–H and O–H groups in total. The zero-order valence-corrected chi connectivity index (χ0v) is 16.3. The summed E-state index contributed by atoms with van der Waals surface area (Å²) < 4.78 is 12.3. The van der Waals surface area contributed by atoms with Crippen LogP contribution in [0, 0.1) is 13.8 Å². The van der Waals surface area contributed by atoms with E-state index in [0.717, 1.165) is 0 Å². The van der Waals surface area contributed by atoms with Crippen molar-refractivity contribution in [1.29, 1.82) is 0 Å². The van der Waals surface area contributed by atoms with Crippen LogP contribution in [0.4, 0.5) is 5.69 Å². The van der Waals surface area contributed by atoms with Gasteiger partial charge in [0.05, 0.1) is 22.6 Å². The molecule has 0 radical (unpaired) electrons. The Balaban J connectivity index is 1.66. The number of amides is 2. The molecule has 1 aliphatic heterocycles. The average Bonchev–Trinajstić information content (AvgIpc) is 3.29. The van der Waals surface area contributed by atoms with E-state index in [1.54, 1.807) is 62.0 Å². The highest BCUT2D eigenvalue weighted by Gasteiger charge is 2.20. The van der Waals surface area contributed by atoms with Gasteiger partial charge in [0.15, 0.2) is 11.5 Å². The molecule has 148 valence electrons. The third kappa shape index (κ3) is 3.18. The fourth-order valence-electron chi connectivity index (χ4n) is 3.43. The van der Waals surface area contributed by atoms with Crippen LogP contribution in [0.3, 0.4) is 0 Å². The van der Waals surface area contributed by atoms with Gasteiger partial charge >= 0.3 is 0 Å². The SMILES string of the molecule is Cc1nn(-c2cccc(C(=O)N(C)c3ccc4c(c3)OCO4)c2)c(C)c1C(N)=O. The zero-order valence-electron chi connectivity index (χ0n) is 16.3. The quantitative estimate of drug-likeness (QED) is 0.736. The average molecular weight is 392 g/mol. The second kappa shape index (κ2) is 6.97. The van der Waals surface area contributed by atoms with Crippen LogP contribution in [-0.4, -0.2) is 35.4 Å². The second-order valence-electron chi connectivity index (χ2n) is 6.77. The molecule has 3 aromatic rings. The van der Waals surface area contributed by atoms with Crippen LogP contribution in [0.15, 0.2) is 42.5 Å². The molecule has 1 aliphatic rings. The minimum atomic E-state index is -0.527. The molecule has 2 heterocycles. The van der Waals surface area contributed by atoms with E-state index in [1.807, 2.05) is 6.07 Å². The minimum absolute atomic E-state index is 0.175. The van der Waals surface area contributed by atoms with Crippen molar-refractivity contribution in [2.24, 2.45) is 5.73 Å². The summed E-state index contributed by atoms with van der Waals surface area (Å²) >= 11 is 0. The first-order chi connectivity index (χ1) is 13.9. The Labute approximate surface area is 167 Å². The number of hydrogen-bond donors (Lipinski definition) is 1. The van der Waals surface area contributed by atoms with Crippen molar-refractivity contribution in [3.63, 3.8) is 0 Å². The molecule has 0 unspecified atom stereocenters. The molecule has 4 rings (SSSR count). The number of nitrogens with zero attached hydrogens (tertiary/aromatic N) is 3.